The molecule has 1 aliphatic rings. The van der Waals surface area contributed by atoms with E-state index in [-0.39, 0.29) is 21.7 Å². The molecule has 8 heteroatoms. The van der Waals surface area contributed by atoms with E-state index in [1.54, 1.807) is 7.11 Å². The Morgan fingerprint density at radius 2 is 1.93 bits per heavy atom. The molecule has 28 heavy (non-hydrogen) atoms. The number of amides is 1. The molecule has 1 N–H and O–H groups in total. The molecular formula is C20H21ClN2O5. The van der Waals surface area contributed by atoms with Crippen molar-refractivity contribution in [3.63, 3.8) is 0 Å². The Morgan fingerprint density at radius 3 is 2.54 bits per heavy atom. The SMILES string of the molecule is COc1ccc(C2(CNC(=O)c3cc(Cl)ccc3[N+](=O)[O-])CCOCC2)cc1. The minimum absolute atomic E-state index is 0.0468. The lowest BCUT2D eigenvalue weighted by Crippen LogP contribution is -2.44. The van der Waals surface area contributed by atoms with Crippen LogP contribution in [0.4, 0.5) is 5.69 Å². The van der Waals surface area contributed by atoms with Crippen molar-refractivity contribution in [1.82, 2.24) is 5.32 Å². The predicted octanol–water partition coefficient (Wildman–Crippen LogP) is 3.74. The number of halogens is 1. The first-order valence-electron chi connectivity index (χ1n) is 8.90. The molecule has 0 spiro atoms. The summed E-state index contributed by atoms with van der Waals surface area (Å²) in [5, 5.41) is 14.4. The molecule has 148 valence electrons. The fourth-order valence-corrected chi connectivity index (χ4v) is 3.64. The van der Waals surface area contributed by atoms with Crippen LogP contribution in [0.1, 0.15) is 28.8 Å². The van der Waals surface area contributed by atoms with Gasteiger partial charge >= 0.3 is 0 Å². The van der Waals surface area contributed by atoms with Gasteiger partial charge in [0, 0.05) is 36.3 Å². The van der Waals surface area contributed by atoms with Gasteiger partial charge in [-0.2, -0.15) is 0 Å². The summed E-state index contributed by atoms with van der Waals surface area (Å²) in [7, 11) is 1.61. The molecular weight excluding hydrogens is 384 g/mol. The first-order valence-corrected chi connectivity index (χ1v) is 9.27. The number of nitro groups is 1. The van der Waals surface area contributed by atoms with Gasteiger partial charge in [-0.15, -0.1) is 0 Å². The van der Waals surface area contributed by atoms with Crippen molar-refractivity contribution in [3.05, 3.63) is 68.7 Å². The minimum Gasteiger partial charge on any atom is -0.497 e. The maximum Gasteiger partial charge on any atom is 0.282 e. The lowest BCUT2D eigenvalue weighted by molar-refractivity contribution is -0.385. The van der Waals surface area contributed by atoms with Crippen molar-refractivity contribution < 1.29 is 19.2 Å². The van der Waals surface area contributed by atoms with Gasteiger partial charge in [-0.1, -0.05) is 23.7 Å². The second-order valence-electron chi connectivity index (χ2n) is 6.72. The Bertz CT molecular complexity index is 863. The normalized spacial score (nSPS) is 15.6. The summed E-state index contributed by atoms with van der Waals surface area (Å²) >= 11 is 5.94. The molecule has 0 radical (unpaired) electrons. The molecule has 0 unspecified atom stereocenters. The number of methoxy groups -OCH3 is 1. The van der Waals surface area contributed by atoms with Gasteiger partial charge in [-0.05, 0) is 42.7 Å². The smallest absolute Gasteiger partial charge is 0.282 e. The number of nitro benzene ring substituents is 1. The fourth-order valence-electron chi connectivity index (χ4n) is 3.47. The summed E-state index contributed by atoms with van der Waals surface area (Å²) in [6, 6.07) is 11.7. The Labute approximate surface area is 167 Å². The zero-order valence-electron chi connectivity index (χ0n) is 15.4. The van der Waals surface area contributed by atoms with E-state index in [2.05, 4.69) is 5.32 Å². The molecule has 0 saturated carbocycles. The highest BCUT2D eigenvalue weighted by Gasteiger charge is 2.35. The van der Waals surface area contributed by atoms with E-state index in [4.69, 9.17) is 21.1 Å². The topological polar surface area (TPSA) is 90.7 Å². The number of rotatable bonds is 6. The zero-order chi connectivity index (χ0) is 20.1. The molecule has 1 fully saturated rings. The highest BCUT2D eigenvalue weighted by Crippen LogP contribution is 2.35. The van der Waals surface area contributed by atoms with Gasteiger partial charge in [0.25, 0.3) is 11.6 Å². The number of benzene rings is 2. The second kappa shape index (κ2) is 8.58. The number of ether oxygens (including phenoxy) is 2. The number of carbonyl (C=O) groups is 1. The van der Waals surface area contributed by atoms with Gasteiger partial charge in [0.15, 0.2) is 0 Å². The molecule has 0 aliphatic carbocycles. The van der Waals surface area contributed by atoms with Crippen LogP contribution in [-0.4, -0.2) is 37.7 Å². The van der Waals surface area contributed by atoms with Crippen LogP contribution in [0.5, 0.6) is 5.75 Å². The standard InChI is InChI=1S/C20H21ClN2O5/c1-27-16-5-2-14(3-6-16)20(8-10-28-11-9-20)13-22-19(24)17-12-15(21)4-7-18(17)23(25)26/h2-7,12H,8-11,13H2,1H3,(H,22,24). The molecule has 2 aromatic rings. The van der Waals surface area contributed by atoms with E-state index < -0.39 is 10.8 Å². The largest absolute Gasteiger partial charge is 0.497 e. The molecule has 7 nitrogen and oxygen atoms in total. The van der Waals surface area contributed by atoms with Crippen molar-refractivity contribution in [2.75, 3.05) is 26.9 Å². The zero-order valence-corrected chi connectivity index (χ0v) is 16.2. The minimum atomic E-state index is -0.584. The molecule has 0 atom stereocenters. The molecule has 1 heterocycles. The van der Waals surface area contributed by atoms with Crippen molar-refractivity contribution in [3.8, 4) is 5.75 Å². The summed E-state index contributed by atoms with van der Waals surface area (Å²) in [6.07, 6.45) is 1.47. The van der Waals surface area contributed by atoms with Gasteiger partial charge in [-0.25, -0.2) is 0 Å². The molecule has 0 aromatic heterocycles. The monoisotopic (exact) mass is 404 g/mol. The third-order valence-electron chi connectivity index (χ3n) is 5.14. The molecule has 1 aliphatic heterocycles. The summed E-state index contributed by atoms with van der Waals surface area (Å²) in [5.41, 5.74) is 0.437. The molecule has 0 bridgehead atoms. The molecule has 1 amide bonds. The van der Waals surface area contributed by atoms with E-state index in [0.717, 1.165) is 24.2 Å². The first-order chi connectivity index (χ1) is 13.4. The van der Waals surface area contributed by atoms with E-state index in [1.807, 2.05) is 24.3 Å². The predicted molar refractivity (Wildman–Crippen MR) is 105 cm³/mol. The Balaban J connectivity index is 1.83. The Kier molecular flexibility index (Phi) is 6.16. The first kappa shape index (κ1) is 20.1. The number of nitrogens with zero attached hydrogens (tertiary/aromatic N) is 1. The maximum absolute atomic E-state index is 12.7. The van der Waals surface area contributed by atoms with E-state index in [0.29, 0.717) is 19.8 Å². The maximum atomic E-state index is 12.7. The van der Waals surface area contributed by atoms with Crippen LogP contribution < -0.4 is 10.1 Å². The van der Waals surface area contributed by atoms with Gasteiger partial charge in [0.1, 0.15) is 11.3 Å². The van der Waals surface area contributed by atoms with Crippen LogP contribution >= 0.6 is 11.6 Å². The van der Waals surface area contributed by atoms with Crippen LogP contribution in [-0.2, 0) is 10.2 Å². The Morgan fingerprint density at radius 1 is 1.25 bits per heavy atom. The van der Waals surface area contributed by atoms with Crippen molar-refractivity contribution in [2.24, 2.45) is 0 Å². The lowest BCUT2D eigenvalue weighted by Gasteiger charge is -2.38. The van der Waals surface area contributed by atoms with Gasteiger partial charge < -0.3 is 14.8 Å². The third-order valence-corrected chi connectivity index (χ3v) is 5.37. The number of hydrogen-bond donors (Lipinski definition) is 1. The van der Waals surface area contributed by atoms with Crippen molar-refractivity contribution in [1.29, 1.82) is 0 Å². The molecule has 1 saturated heterocycles. The van der Waals surface area contributed by atoms with Crippen LogP contribution in [0.2, 0.25) is 5.02 Å². The highest BCUT2D eigenvalue weighted by molar-refractivity contribution is 6.31. The van der Waals surface area contributed by atoms with E-state index in [1.165, 1.54) is 18.2 Å². The van der Waals surface area contributed by atoms with Crippen LogP contribution in [0, 0.1) is 10.1 Å². The molecule has 2 aromatic carbocycles. The quantitative estimate of drug-likeness (QED) is 0.585. The average molecular weight is 405 g/mol. The van der Waals surface area contributed by atoms with E-state index >= 15 is 0 Å². The summed E-state index contributed by atoms with van der Waals surface area (Å²) in [5.74, 6) is 0.234. The van der Waals surface area contributed by atoms with Crippen LogP contribution in [0.15, 0.2) is 42.5 Å². The third kappa shape index (κ3) is 4.26. The summed E-state index contributed by atoms with van der Waals surface area (Å²) < 4.78 is 10.7. The number of nitrogens with one attached hydrogen (secondary N) is 1. The highest BCUT2D eigenvalue weighted by atomic mass is 35.5. The van der Waals surface area contributed by atoms with Gasteiger partial charge in [0.2, 0.25) is 0 Å². The fraction of sp³-hybridized carbons (Fsp3) is 0.350. The summed E-state index contributed by atoms with van der Waals surface area (Å²) in [4.78, 5) is 23.4. The molecule has 3 rings (SSSR count). The van der Waals surface area contributed by atoms with Crippen LogP contribution in [0.3, 0.4) is 0 Å². The Hall–Kier alpha value is -2.64. The average Bonchev–Trinajstić information content (AvgIpc) is 2.72. The van der Waals surface area contributed by atoms with Crippen molar-refractivity contribution in [2.45, 2.75) is 18.3 Å². The lowest BCUT2D eigenvalue weighted by atomic mass is 9.74. The van der Waals surface area contributed by atoms with E-state index in [9.17, 15) is 14.9 Å². The number of hydrogen-bond acceptors (Lipinski definition) is 5. The van der Waals surface area contributed by atoms with Crippen LogP contribution in [0.25, 0.3) is 0 Å². The second-order valence-corrected chi connectivity index (χ2v) is 7.16. The number of carbonyl (C=O) groups excluding carboxylic acids is 1. The van der Waals surface area contributed by atoms with Gasteiger partial charge in [-0.3, -0.25) is 14.9 Å². The summed E-state index contributed by atoms with van der Waals surface area (Å²) in [6.45, 7) is 1.50. The van der Waals surface area contributed by atoms with Crippen molar-refractivity contribution >= 4 is 23.2 Å². The van der Waals surface area contributed by atoms with Gasteiger partial charge in [0.05, 0.1) is 12.0 Å².